The molecule has 0 atom stereocenters. The van der Waals surface area contributed by atoms with E-state index in [1.165, 1.54) is 0 Å². The molecule has 0 spiro atoms. The number of ketones is 1. The van der Waals surface area contributed by atoms with Gasteiger partial charge in [-0.1, -0.05) is 37.1 Å². The number of rotatable bonds is 5. The highest BCUT2D eigenvalue weighted by atomic mass is 35.5. The van der Waals surface area contributed by atoms with Gasteiger partial charge in [0.25, 0.3) is 0 Å². The van der Waals surface area contributed by atoms with Crippen molar-refractivity contribution >= 4 is 23.1 Å². The number of aliphatic imine (C=N–C) groups is 1. The van der Waals surface area contributed by atoms with Crippen molar-refractivity contribution in [3.05, 3.63) is 34.5 Å². The molecule has 0 N–H and O–H groups in total. The first-order valence-corrected chi connectivity index (χ1v) is 7.28. The second kappa shape index (κ2) is 8.11. The van der Waals surface area contributed by atoms with Gasteiger partial charge in [-0.2, -0.15) is 0 Å². The Bertz CT molecular complexity index is 455. The second-order valence-corrected chi connectivity index (χ2v) is 5.08. The average Bonchev–Trinajstić information content (AvgIpc) is 2.41. The average molecular weight is 280 g/mol. The van der Waals surface area contributed by atoms with Gasteiger partial charge >= 0.3 is 0 Å². The number of halogens is 1. The fourth-order valence-corrected chi connectivity index (χ4v) is 2.02. The number of carbonyl (C=O) groups is 1. The van der Waals surface area contributed by atoms with Crippen molar-refractivity contribution in [2.45, 2.75) is 52.9 Å². The molecule has 1 aliphatic carbocycles. The highest BCUT2D eigenvalue weighted by Gasteiger charge is 2.16. The molecule has 0 aromatic carbocycles. The van der Waals surface area contributed by atoms with Crippen LogP contribution in [0.25, 0.3) is 0 Å². The van der Waals surface area contributed by atoms with Crippen molar-refractivity contribution < 1.29 is 4.79 Å². The number of nitrogens with zero attached hydrogens (tertiary/aromatic N) is 1. The van der Waals surface area contributed by atoms with E-state index in [1.54, 1.807) is 0 Å². The van der Waals surface area contributed by atoms with Gasteiger partial charge in [0.15, 0.2) is 5.78 Å². The molecule has 0 saturated heterocycles. The Morgan fingerprint density at radius 1 is 1.42 bits per heavy atom. The molecule has 0 saturated carbocycles. The van der Waals surface area contributed by atoms with E-state index >= 15 is 0 Å². The van der Waals surface area contributed by atoms with Crippen LogP contribution in [-0.2, 0) is 4.79 Å². The molecule has 0 aromatic heterocycles. The highest BCUT2D eigenvalue weighted by Crippen LogP contribution is 2.24. The minimum atomic E-state index is 0.207. The van der Waals surface area contributed by atoms with Crippen molar-refractivity contribution in [1.82, 2.24) is 0 Å². The Hall–Kier alpha value is -1.15. The first-order chi connectivity index (χ1) is 9.10. The van der Waals surface area contributed by atoms with E-state index in [0.29, 0.717) is 11.5 Å². The molecular weight excluding hydrogens is 258 g/mol. The Balaban J connectivity index is 3.06. The highest BCUT2D eigenvalue weighted by molar-refractivity contribution is 6.45. The van der Waals surface area contributed by atoms with Crippen LogP contribution in [0.3, 0.4) is 0 Å². The van der Waals surface area contributed by atoms with E-state index in [2.05, 4.69) is 18.0 Å². The fourth-order valence-electron chi connectivity index (χ4n) is 1.92. The van der Waals surface area contributed by atoms with E-state index in [0.717, 1.165) is 42.7 Å². The molecule has 0 fully saturated rings. The molecule has 0 aliphatic heterocycles. The van der Waals surface area contributed by atoms with Crippen LogP contribution in [-0.4, -0.2) is 11.5 Å². The zero-order valence-electron chi connectivity index (χ0n) is 12.0. The maximum atomic E-state index is 11.7. The van der Waals surface area contributed by atoms with Crippen LogP contribution in [0.1, 0.15) is 52.9 Å². The molecule has 0 aromatic rings. The minimum Gasteiger partial charge on any atom is -0.294 e. The summed E-state index contributed by atoms with van der Waals surface area (Å²) in [7, 11) is 0. The summed E-state index contributed by atoms with van der Waals surface area (Å²) in [5, 5.41) is 0.630. The van der Waals surface area contributed by atoms with Crippen LogP contribution >= 0.6 is 11.6 Å². The Morgan fingerprint density at radius 3 is 2.79 bits per heavy atom. The number of unbranched alkanes of at least 4 members (excludes halogenated alkanes) is 1. The van der Waals surface area contributed by atoms with Crippen molar-refractivity contribution in [1.29, 1.82) is 0 Å². The first-order valence-electron chi connectivity index (χ1n) is 6.90. The van der Waals surface area contributed by atoms with E-state index in [1.807, 2.05) is 26.0 Å². The van der Waals surface area contributed by atoms with Gasteiger partial charge in [0.2, 0.25) is 0 Å². The Labute approximate surface area is 120 Å². The van der Waals surface area contributed by atoms with Gasteiger partial charge in [-0.3, -0.25) is 9.79 Å². The third-order valence-corrected chi connectivity index (χ3v) is 3.57. The first kappa shape index (κ1) is 15.9. The summed E-state index contributed by atoms with van der Waals surface area (Å²) in [6.07, 6.45) is 10.3. The molecule has 3 heteroatoms. The van der Waals surface area contributed by atoms with Crippen LogP contribution in [0, 0.1) is 0 Å². The van der Waals surface area contributed by atoms with Crippen molar-refractivity contribution in [2.75, 3.05) is 0 Å². The van der Waals surface area contributed by atoms with Crippen LogP contribution in [0.4, 0.5) is 0 Å². The quantitative estimate of drug-likeness (QED) is 0.655. The zero-order valence-corrected chi connectivity index (χ0v) is 12.8. The normalized spacial score (nSPS) is 18.6. The summed E-state index contributed by atoms with van der Waals surface area (Å²) >= 11 is 6.19. The number of hydrogen-bond donors (Lipinski definition) is 0. The van der Waals surface area contributed by atoms with E-state index in [-0.39, 0.29) is 5.78 Å². The molecule has 2 nitrogen and oxygen atoms in total. The second-order valence-electron chi connectivity index (χ2n) is 4.67. The van der Waals surface area contributed by atoms with Crippen molar-refractivity contribution in [3.63, 3.8) is 0 Å². The zero-order chi connectivity index (χ0) is 14.3. The van der Waals surface area contributed by atoms with E-state index in [4.69, 9.17) is 11.6 Å². The molecule has 1 rings (SSSR count). The lowest BCUT2D eigenvalue weighted by Crippen LogP contribution is -2.09. The topological polar surface area (TPSA) is 29.4 Å². The third-order valence-electron chi connectivity index (χ3n) is 3.15. The maximum Gasteiger partial charge on any atom is 0.160 e. The van der Waals surface area contributed by atoms with Gasteiger partial charge in [0.05, 0.1) is 10.7 Å². The standard InChI is InChI=1S/C16H22ClNO/c1-4-6-7-9-15(13(17)5-2)18-14-10-8-11-16(19)12(14)3/h5,7,9H,4,6,8,10-11H2,1-3H3/b9-7-,13-5?,18-15?. The number of allylic oxidation sites excluding steroid dienone is 6. The van der Waals surface area contributed by atoms with Crippen LogP contribution in [0.15, 0.2) is 39.5 Å². The van der Waals surface area contributed by atoms with Gasteiger partial charge < -0.3 is 0 Å². The maximum absolute atomic E-state index is 11.7. The molecule has 104 valence electrons. The summed E-state index contributed by atoms with van der Waals surface area (Å²) in [6.45, 7) is 5.88. The van der Waals surface area contributed by atoms with E-state index < -0.39 is 0 Å². The predicted octanol–water partition coefficient (Wildman–Crippen LogP) is 4.95. The van der Waals surface area contributed by atoms with Gasteiger partial charge in [0, 0.05) is 17.7 Å². The molecule has 0 unspecified atom stereocenters. The van der Waals surface area contributed by atoms with Gasteiger partial charge in [-0.05, 0) is 39.2 Å². The number of hydrogen-bond acceptors (Lipinski definition) is 2. The summed E-state index contributed by atoms with van der Waals surface area (Å²) in [5.41, 5.74) is 2.42. The molecule has 0 amide bonds. The predicted molar refractivity (Wildman–Crippen MR) is 82.7 cm³/mol. The summed E-state index contributed by atoms with van der Waals surface area (Å²) in [4.78, 5) is 16.3. The third kappa shape index (κ3) is 4.79. The summed E-state index contributed by atoms with van der Waals surface area (Å²) in [6, 6.07) is 0. The SMILES string of the molecule is CC=C(Cl)C(/C=C\CCC)=NC1=C(C)C(=O)CCC1. The van der Waals surface area contributed by atoms with Gasteiger partial charge in [0.1, 0.15) is 0 Å². The summed E-state index contributed by atoms with van der Waals surface area (Å²) in [5.74, 6) is 0.207. The van der Waals surface area contributed by atoms with Gasteiger partial charge in [-0.25, -0.2) is 0 Å². The fraction of sp³-hybridized carbons (Fsp3) is 0.500. The summed E-state index contributed by atoms with van der Waals surface area (Å²) < 4.78 is 0. The molecule has 0 bridgehead atoms. The molecule has 0 heterocycles. The van der Waals surface area contributed by atoms with Gasteiger partial charge in [-0.15, -0.1) is 0 Å². The smallest absolute Gasteiger partial charge is 0.160 e. The lowest BCUT2D eigenvalue weighted by Gasteiger charge is -2.14. The van der Waals surface area contributed by atoms with Crippen LogP contribution < -0.4 is 0 Å². The van der Waals surface area contributed by atoms with E-state index in [9.17, 15) is 4.79 Å². The van der Waals surface area contributed by atoms with Crippen molar-refractivity contribution in [2.24, 2.45) is 4.99 Å². The monoisotopic (exact) mass is 279 g/mol. The van der Waals surface area contributed by atoms with Crippen molar-refractivity contribution in [3.8, 4) is 0 Å². The molecule has 19 heavy (non-hydrogen) atoms. The lowest BCUT2D eigenvalue weighted by molar-refractivity contribution is -0.116. The lowest BCUT2D eigenvalue weighted by atomic mass is 9.96. The molecular formula is C16H22ClNO. The van der Waals surface area contributed by atoms with Crippen LogP contribution in [0.2, 0.25) is 0 Å². The van der Waals surface area contributed by atoms with Crippen LogP contribution in [0.5, 0.6) is 0 Å². The Morgan fingerprint density at radius 2 is 2.16 bits per heavy atom. The number of carbonyl (C=O) groups excluding carboxylic acids is 1. The number of Topliss-reactive ketones (excluding diaryl/α,β-unsaturated/α-hetero) is 1. The minimum absolute atomic E-state index is 0.207. The molecule has 1 aliphatic rings. The molecule has 0 radical (unpaired) electrons. The largest absolute Gasteiger partial charge is 0.294 e. The Kier molecular flexibility index (Phi) is 6.79.